The van der Waals surface area contributed by atoms with Gasteiger partial charge >= 0.3 is 5.97 Å². The van der Waals surface area contributed by atoms with E-state index in [2.05, 4.69) is 0 Å². The molecular weight excluding hydrogens is 266 g/mol. The van der Waals surface area contributed by atoms with Gasteiger partial charge in [0.1, 0.15) is 6.54 Å². The van der Waals surface area contributed by atoms with Gasteiger partial charge in [0.2, 0.25) is 5.91 Å². The monoisotopic (exact) mass is 281 g/mol. The summed E-state index contributed by atoms with van der Waals surface area (Å²) >= 11 is 6.02. The van der Waals surface area contributed by atoms with Crippen LogP contribution in [-0.2, 0) is 16.1 Å². The molecule has 102 valence electrons. The maximum atomic E-state index is 12.1. The first-order valence-corrected chi connectivity index (χ1v) is 6.21. The van der Waals surface area contributed by atoms with Crippen molar-refractivity contribution in [2.24, 2.45) is 0 Å². The summed E-state index contributed by atoms with van der Waals surface area (Å²) in [6.45, 7) is 3.22. The molecule has 19 heavy (non-hydrogen) atoms. The number of rotatable bonds is 5. The number of hydrogen-bond acceptors (Lipinski definition) is 2. The van der Waals surface area contributed by atoms with Crippen molar-refractivity contribution >= 4 is 23.5 Å². The average molecular weight is 282 g/mol. The van der Waals surface area contributed by atoms with Crippen molar-refractivity contribution < 1.29 is 14.7 Å². The quantitative estimate of drug-likeness (QED) is 0.844. The van der Waals surface area contributed by atoms with E-state index in [9.17, 15) is 9.59 Å². The number of carboxylic acid groups (broad SMARTS) is 1. The number of nitrogens with zero attached hydrogens (tertiary/aromatic N) is 1. The molecule has 1 N–H and O–H groups in total. The van der Waals surface area contributed by atoms with Gasteiger partial charge in [-0.2, -0.15) is 0 Å². The molecule has 0 fully saturated rings. The lowest BCUT2D eigenvalue weighted by molar-refractivity contribution is -0.143. The van der Waals surface area contributed by atoms with Crippen molar-refractivity contribution in [2.45, 2.75) is 20.4 Å². The number of halogens is 1. The maximum Gasteiger partial charge on any atom is 0.323 e. The van der Waals surface area contributed by atoms with Crippen LogP contribution in [0.4, 0.5) is 0 Å². The molecule has 0 aliphatic carbocycles. The van der Waals surface area contributed by atoms with Gasteiger partial charge in [0.05, 0.1) is 0 Å². The van der Waals surface area contributed by atoms with E-state index in [1.54, 1.807) is 44.2 Å². The number of aliphatic carboxylic acids is 1. The highest BCUT2D eigenvalue weighted by atomic mass is 35.5. The number of hydrogen-bond donors (Lipinski definition) is 1. The Balaban J connectivity index is 2.96. The summed E-state index contributed by atoms with van der Waals surface area (Å²) in [5.74, 6) is -1.35. The second-order valence-corrected chi connectivity index (χ2v) is 4.53. The first-order valence-electron chi connectivity index (χ1n) is 5.83. The van der Waals surface area contributed by atoms with Crippen LogP contribution in [0.2, 0.25) is 5.02 Å². The fourth-order valence-electron chi connectivity index (χ4n) is 1.57. The summed E-state index contributed by atoms with van der Waals surface area (Å²) in [6.07, 6.45) is 1.66. The highest BCUT2D eigenvalue weighted by molar-refractivity contribution is 6.31. The summed E-state index contributed by atoms with van der Waals surface area (Å²) in [4.78, 5) is 24.2. The molecule has 0 saturated heterocycles. The van der Waals surface area contributed by atoms with Crippen molar-refractivity contribution in [3.05, 3.63) is 46.5 Å². The molecule has 0 bridgehead atoms. The molecule has 0 radical (unpaired) electrons. The van der Waals surface area contributed by atoms with Gasteiger partial charge in [-0.25, -0.2) is 0 Å². The molecule has 0 unspecified atom stereocenters. The van der Waals surface area contributed by atoms with E-state index in [0.717, 1.165) is 5.56 Å². The third kappa shape index (κ3) is 4.41. The van der Waals surface area contributed by atoms with Crippen molar-refractivity contribution in [3.63, 3.8) is 0 Å². The minimum Gasteiger partial charge on any atom is -0.480 e. The van der Waals surface area contributed by atoms with E-state index in [-0.39, 0.29) is 19.0 Å². The normalized spacial score (nSPS) is 11.2. The lowest BCUT2D eigenvalue weighted by Crippen LogP contribution is -2.35. The molecule has 0 heterocycles. The molecular formula is C14H16ClNO3. The van der Waals surface area contributed by atoms with E-state index in [0.29, 0.717) is 10.6 Å². The van der Waals surface area contributed by atoms with Crippen LogP contribution >= 0.6 is 11.6 Å². The SMILES string of the molecule is CC=C(C)C(=O)N(CC(=O)O)Cc1ccccc1Cl. The lowest BCUT2D eigenvalue weighted by atomic mass is 10.2. The van der Waals surface area contributed by atoms with Crippen LogP contribution in [0, 0.1) is 0 Å². The van der Waals surface area contributed by atoms with E-state index in [1.165, 1.54) is 4.90 Å². The van der Waals surface area contributed by atoms with E-state index in [1.807, 2.05) is 0 Å². The van der Waals surface area contributed by atoms with Gasteiger partial charge in [-0.1, -0.05) is 35.9 Å². The van der Waals surface area contributed by atoms with Gasteiger partial charge in [-0.15, -0.1) is 0 Å². The minimum absolute atomic E-state index is 0.177. The van der Waals surface area contributed by atoms with Crippen LogP contribution < -0.4 is 0 Å². The molecule has 1 aromatic carbocycles. The molecule has 0 atom stereocenters. The molecule has 1 amide bonds. The van der Waals surface area contributed by atoms with Gasteiger partial charge < -0.3 is 10.0 Å². The van der Waals surface area contributed by atoms with Crippen molar-refractivity contribution in [2.75, 3.05) is 6.54 Å². The van der Waals surface area contributed by atoms with Gasteiger partial charge in [-0.3, -0.25) is 9.59 Å². The number of allylic oxidation sites excluding steroid dienone is 1. The fraction of sp³-hybridized carbons (Fsp3) is 0.286. The molecule has 0 aliphatic heterocycles. The maximum absolute atomic E-state index is 12.1. The standard InChI is InChI=1S/C14H16ClNO3/c1-3-10(2)14(19)16(9-13(17)18)8-11-6-4-5-7-12(11)15/h3-7H,8-9H2,1-2H3,(H,17,18). The molecule has 1 rings (SSSR count). The van der Waals surface area contributed by atoms with Crippen LogP contribution in [0.25, 0.3) is 0 Å². The van der Waals surface area contributed by atoms with Crippen LogP contribution in [0.15, 0.2) is 35.9 Å². The number of amides is 1. The third-order valence-electron chi connectivity index (χ3n) is 2.70. The van der Waals surface area contributed by atoms with Crippen LogP contribution in [-0.4, -0.2) is 28.4 Å². The zero-order valence-corrected chi connectivity index (χ0v) is 11.6. The van der Waals surface area contributed by atoms with Gasteiger partial charge in [-0.05, 0) is 25.5 Å². The second-order valence-electron chi connectivity index (χ2n) is 4.12. The highest BCUT2D eigenvalue weighted by Crippen LogP contribution is 2.18. The van der Waals surface area contributed by atoms with Crippen LogP contribution in [0.5, 0.6) is 0 Å². The number of carbonyl (C=O) groups excluding carboxylic acids is 1. The smallest absolute Gasteiger partial charge is 0.323 e. The molecule has 0 aliphatic rings. The number of carbonyl (C=O) groups is 2. The molecule has 0 saturated carbocycles. The molecule has 0 aromatic heterocycles. The van der Waals surface area contributed by atoms with Gasteiger partial charge in [0.15, 0.2) is 0 Å². The summed E-state index contributed by atoms with van der Waals surface area (Å²) < 4.78 is 0. The summed E-state index contributed by atoms with van der Waals surface area (Å²) in [5.41, 5.74) is 1.23. The number of benzene rings is 1. The van der Waals surface area contributed by atoms with Crippen molar-refractivity contribution in [1.82, 2.24) is 4.90 Å². The molecule has 1 aromatic rings. The summed E-state index contributed by atoms with van der Waals surface area (Å²) in [5, 5.41) is 9.41. The fourth-order valence-corrected chi connectivity index (χ4v) is 1.76. The Morgan fingerprint density at radius 3 is 2.53 bits per heavy atom. The minimum atomic E-state index is -1.05. The molecule has 0 spiro atoms. The Hall–Kier alpha value is -1.81. The first kappa shape index (κ1) is 15.2. The zero-order valence-electron chi connectivity index (χ0n) is 10.9. The Kier molecular flexibility index (Phi) is 5.57. The number of carboxylic acids is 1. The van der Waals surface area contributed by atoms with E-state index >= 15 is 0 Å². The summed E-state index contributed by atoms with van der Waals surface area (Å²) in [7, 11) is 0. The Bertz CT molecular complexity index is 511. The van der Waals surface area contributed by atoms with E-state index in [4.69, 9.17) is 16.7 Å². The van der Waals surface area contributed by atoms with Crippen LogP contribution in [0.1, 0.15) is 19.4 Å². The highest BCUT2D eigenvalue weighted by Gasteiger charge is 2.19. The predicted octanol–water partition coefficient (Wildman–Crippen LogP) is 2.72. The summed E-state index contributed by atoms with van der Waals surface area (Å²) in [6, 6.07) is 7.07. The Morgan fingerprint density at radius 2 is 2.00 bits per heavy atom. The largest absolute Gasteiger partial charge is 0.480 e. The van der Waals surface area contributed by atoms with Gasteiger partial charge in [0, 0.05) is 17.1 Å². The van der Waals surface area contributed by atoms with E-state index < -0.39 is 5.97 Å². The third-order valence-corrected chi connectivity index (χ3v) is 3.07. The lowest BCUT2D eigenvalue weighted by Gasteiger charge is -2.21. The zero-order chi connectivity index (χ0) is 14.4. The van der Waals surface area contributed by atoms with Crippen molar-refractivity contribution in [3.8, 4) is 0 Å². The first-order chi connectivity index (χ1) is 8.95. The predicted molar refractivity (Wildman–Crippen MR) is 73.9 cm³/mol. The Labute approximate surface area is 117 Å². The molecule has 5 heteroatoms. The van der Waals surface area contributed by atoms with Gasteiger partial charge in [0.25, 0.3) is 0 Å². The van der Waals surface area contributed by atoms with Crippen LogP contribution in [0.3, 0.4) is 0 Å². The van der Waals surface area contributed by atoms with Crippen molar-refractivity contribution in [1.29, 1.82) is 0 Å². The average Bonchev–Trinajstić information content (AvgIpc) is 2.38. The second kappa shape index (κ2) is 6.95. The Morgan fingerprint density at radius 1 is 1.37 bits per heavy atom. The topological polar surface area (TPSA) is 57.6 Å². The molecule has 4 nitrogen and oxygen atoms in total.